The molecule has 0 unspecified atom stereocenters. The van der Waals surface area contributed by atoms with Gasteiger partial charge in [0.05, 0.1) is 23.9 Å². The van der Waals surface area contributed by atoms with Crippen LogP contribution in [-0.4, -0.2) is 38.9 Å². The lowest BCUT2D eigenvalue weighted by atomic mass is 10.00. The first-order valence-corrected chi connectivity index (χ1v) is 10.3. The molecule has 1 aliphatic rings. The number of aromatic amines is 1. The molecule has 2 N–H and O–H groups in total. The highest BCUT2D eigenvalue weighted by molar-refractivity contribution is 5.77. The quantitative estimate of drug-likeness (QED) is 0.444. The van der Waals surface area contributed by atoms with Gasteiger partial charge < -0.3 is 9.52 Å². The number of nitrogens with zero attached hydrogens (tertiary/aromatic N) is 3. The van der Waals surface area contributed by atoms with Crippen LogP contribution in [0.5, 0.6) is 0 Å². The Balaban J connectivity index is 0.000000344. The number of hydrogen-bond donors (Lipinski definition) is 2. The number of nitriles is 1. The molecule has 0 aliphatic carbocycles. The Morgan fingerprint density at radius 3 is 2.68 bits per heavy atom. The van der Waals surface area contributed by atoms with Crippen LogP contribution < -0.4 is 0 Å². The van der Waals surface area contributed by atoms with Gasteiger partial charge in [0.25, 0.3) is 0 Å². The topological polar surface area (TPSA) is 106 Å². The van der Waals surface area contributed by atoms with Crippen molar-refractivity contribution in [3.05, 3.63) is 77.2 Å². The summed E-state index contributed by atoms with van der Waals surface area (Å²) in [5.74, 6) is -1.77. The van der Waals surface area contributed by atoms with E-state index in [0.29, 0.717) is 5.56 Å². The van der Waals surface area contributed by atoms with Crippen molar-refractivity contribution in [2.24, 2.45) is 0 Å². The smallest absolute Gasteiger partial charge is 0.475 e. The molecule has 0 bridgehead atoms. The third-order valence-electron chi connectivity index (χ3n) is 5.38. The predicted molar refractivity (Wildman–Crippen MR) is 116 cm³/mol. The highest BCUT2D eigenvalue weighted by atomic mass is 19.4. The number of nitrogens with one attached hydrogen (secondary N) is 1. The summed E-state index contributed by atoms with van der Waals surface area (Å²) in [4.78, 5) is 11.3. The van der Waals surface area contributed by atoms with E-state index in [9.17, 15) is 13.2 Å². The Bertz CT molecular complexity index is 1330. The van der Waals surface area contributed by atoms with Gasteiger partial charge in [0.15, 0.2) is 0 Å². The first kappa shape index (κ1) is 23.1. The second-order valence-corrected chi connectivity index (χ2v) is 7.74. The average molecular weight is 468 g/mol. The van der Waals surface area contributed by atoms with E-state index in [1.807, 2.05) is 42.5 Å². The molecule has 2 aromatic heterocycles. The molecule has 0 fully saturated rings. The van der Waals surface area contributed by atoms with Crippen LogP contribution in [0.1, 0.15) is 22.6 Å². The monoisotopic (exact) mass is 468 g/mol. The van der Waals surface area contributed by atoms with Crippen LogP contribution in [0, 0.1) is 11.3 Å². The van der Waals surface area contributed by atoms with Gasteiger partial charge in [-0.1, -0.05) is 30.3 Å². The van der Waals surface area contributed by atoms with E-state index in [2.05, 4.69) is 33.3 Å². The molecule has 3 heterocycles. The van der Waals surface area contributed by atoms with Gasteiger partial charge in [0.1, 0.15) is 11.3 Å². The molecule has 0 amide bonds. The lowest BCUT2D eigenvalue weighted by Gasteiger charge is -2.26. The first-order chi connectivity index (χ1) is 16.2. The number of carbonyl (C=O) groups is 1. The number of rotatable bonds is 3. The van der Waals surface area contributed by atoms with E-state index in [4.69, 9.17) is 19.6 Å². The number of alkyl halides is 3. The number of hydrogen-bond acceptors (Lipinski definition) is 5. The van der Waals surface area contributed by atoms with E-state index in [1.165, 1.54) is 11.3 Å². The first-order valence-electron chi connectivity index (χ1n) is 10.3. The van der Waals surface area contributed by atoms with Crippen molar-refractivity contribution < 1.29 is 27.5 Å². The third-order valence-corrected chi connectivity index (χ3v) is 5.38. The van der Waals surface area contributed by atoms with Gasteiger partial charge in [-0.3, -0.25) is 10.00 Å². The molecule has 4 aromatic rings. The number of carboxylic acids is 1. The van der Waals surface area contributed by atoms with E-state index in [0.717, 1.165) is 54.0 Å². The minimum Gasteiger partial charge on any atom is -0.475 e. The molecule has 5 rings (SSSR count). The Hall–Kier alpha value is -4.10. The zero-order valence-electron chi connectivity index (χ0n) is 17.8. The largest absolute Gasteiger partial charge is 0.490 e. The van der Waals surface area contributed by atoms with E-state index < -0.39 is 12.1 Å². The Morgan fingerprint density at radius 2 is 1.97 bits per heavy atom. The lowest BCUT2D eigenvalue weighted by Crippen LogP contribution is -2.29. The van der Waals surface area contributed by atoms with E-state index in [-0.39, 0.29) is 0 Å². The molecular formula is C24H19F3N4O3. The molecule has 174 valence electrons. The second-order valence-electron chi connectivity index (χ2n) is 7.74. The number of H-pyrrole nitrogens is 1. The minimum atomic E-state index is -5.08. The second kappa shape index (κ2) is 9.41. The fourth-order valence-corrected chi connectivity index (χ4v) is 3.80. The van der Waals surface area contributed by atoms with Crippen molar-refractivity contribution in [1.29, 1.82) is 5.26 Å². The van der Waals surface area contributed by atoms with Gasteiger partial charge in [0.2, 0.25) is 0 Å². The number of halogens is 3. The summed E-state index contributed by atoms with van der Waals surface area (Å²) in [5.41, 5.74) is 5.91. The summed E-state index contributed by atoms with van der Waals surface area (Å²) in [6, 6.07) is 20.1. The van der Waals surface area contributed by atoms with Gasteiger partial charge in [-0.05, 0) is 24.3 Å². The summed E-state index contributed by atoms with van der Waals surface area (Å²) in [6.07, 6.45) is -4.15. The van der Waals surface area contributed by atoms with Crippen LogP contribution in [0.3, 0.4) is 0 Å². The van der Waals surface area contributed by atoms with E-state index in [1.54, 1.807) is 0 Å². The minimum absolute atomic E-state index is 0.652. The van der Waals surface area contributed by atoms with Crippen LogP contribution in [0.4, 0.5) is 13.2 Å². The van der Waals surface area contributed by atoms with Crippen LogP contribution in [0.25, 0.3) is 22.2 Å². The fraction of sp³-hybridized carbons (Fsp3) is 0.208. The Morgan fingerprint density at radius 1 is 1.21 bits per heavy atom. The molecule has 0 saturated carbocycles. The molecule has 7 nitrogen and oxygen atoms in total. The maximum Gasteiger partial charge on any atom is 0.490 e. The number of aliphatic carboxylic acids is 1. The maximum atomic E-state index is 10.6. The van der Waals surface area contributed by atoms with Gasteiger partial charge in [-0.25, -0.2) is 4.79 Å². The van der Waals surface area contributed by atoms with Gasteiger partial charge >= 0.3 is 12.1 Å². The zero-order chi connectivity index (χ0) is 24.3. The van der Waals surface area contributed by atoms with Gasteiger partial charge in [-0.15, -0.1) is 0 Å². The molecular weight excluding hydrogens is 449 g/mol. The van der Waals surface area contributed by atoms with Gasteiger partial charge in [0, 0.05) is 41.7 Å². The van der Waals surface area contributed by atoms with Crippen LogP contribution in [0.15, 0.2) is 59.0 Å². The van der Waals surface area contributed by atoms with Crippen molar-refractivity contribution in [2.75, 3.05) is 6.54 Å². The summed E-state index contributed by atoms with van der Waals surface area (Å²) in [7, 11) is 0. The summed E-state index contributed by atoms with van der Waals surface area (Å²) in [5, 5.41) is 25.2. The number of furan rings is 1. The lowest BCUT2D eigenvalue weighted by molar-refractivity contribution is -0.192. The maximum absolute atomic E-state index is 10.6. The molecule has 0 spiro atoms. The fourth-order valence-electron chi connectivity index (χ4n) is 3.80. The third kappa shape index (κ3) is 5.10. The molecule has 0 radical (unpaired) electrons. The summed E-state index contributed by atoms with van der Waals surface area (Å²) < 4.78 is 37.7. The van der Waals surface area contributed by atoms with Crippen molar-refractivity contribution in [3.63, 3.8) is 0 Å². The number of para-hydroxylation sites is 1. The van der Waals surface area contributed by atoms with Crippen LogP contribution >= 0.6 is 0 Å². The number of benzene rings is 2. The van der Waals surface area contributed by atoms with Crippen molar-refractivity contribution in [3.8, 4) is 17.3 Å². The highest BCUT2D eigenvalue weighted by Gasteiger charge is 2.38. The Labute approximate surface area is 192 Å². The molecule has 0 saturated heterocycles. The standard InChI is InChI=1S/C22H18N4O.C2HF3O2/c23-12-15-4-3-6-17(10-15)22-19-14-26(9-8-20(19)24-25-22)13-18-11-16-5-1-2-7-21(16)27-18;3-2(4,5)1(6)7/h1-7,10-11H,8-9,13-14H2,(H,24,25);(H,6,7). The average Bonchev–Trinajstić information content (AvgIpc) is 3.42. The van der Waals surface area contributed by atoms with Crippen LogP contribution in [0.2, 0.25) is 0 Å². The molecule has 2 aromatic carbocycles. The van der Waals surface area contributed by atoms with Crippen molar-refractivity contribution in [2.45, 2.75) is 25.7 Å². The summed E-state index contributed by atoms with van der Waals surface area (Å²) in [6.45, 7) is 2.55. The SMILES string of the molecule is N#Cc1cccc(-c2n[nH]c3c2CN(Cc2cc4ccccc4o2)CC3)c1.O=C(O)C(F)(F)F. The van der Waals surface area contributed by atoms with Crippen molar-refractivity contribution >= 4 is 16.9 Å². The zero-order valence-corrected chi connectivity index (χ0v) is 17.8. The van der Waals surface area contributed by atoms with Crippen LogP contribution in [-0.2, 0) is 24.3 Å². The van der Waals surface area contributed by atoms with Crippen molar-refractivity contribution in [1.82, 2.24) is 15.1 Å². The van der Waals surface area contributed by atoms with E-state index >= 15 is 0 Å². The normalized spacial score (nSPS) is 13.6. The molecule has 1 aliphatic heterocycles. The Kier molecular flexibility index (Phi) is 6.38. The summed E-state index contributed by atoms with van der Waals surface area (Å²) >= 11 is 0. The molecule has 10 heteroatoms. The number of fused-ring (bicyclic) bond motifs is 2. The highest BCUT2D eigenvalue weighted by Crippen LogP contribution is 2.30. The molecule has 34 heavy (non-hydrogen) atoms. The predicted octanol–water partition coefficient (Wildman–Crippen LogP) is 4.89. The number of carboxylic acid groups (broad SMARTS) is 1. The van der Waals surface area contributed by atoms with Gasteiger partial charge in [-0.2, -0.15) is 23.5 Å². The number of aromatic nitrogens is 2. The molecule has 0 atom stereocenters.